The summed E-state index contributed by atoms with van der Waals surface area (Å²) in [5.41, 5.74) is 3.65. The first-order chi connectivity index (χ1) is 6.19. The Morgan fingerprint density at radius 1 is 1.62 bits per heavy atom. The molecule has 13 heavy (non-hydrogen) atoms. The van der Waals surface area contributed by atoms with E-state index in [1.165, 1.54) is 0 Å². The van der Waals surface area contributed by atoms with Crippen molar-refractivity contribution in [1.82, 2.24) is 5.43 Å². The number of nitrogens with two attached hydrogens (primary N) is 1. The summed E-state index contributed by atoms with van der Waals surface area (Å²) in [7, 11) is 0. The third-order valence-corrected chi connectivity index (χ3v) is 3.29. The van der Waals surface area contributed by atoms with Crippen molar-refractivity contribution in [3.63, 3.8) is 0 Å². The van der Waals surface area contributed by atoms with Crippen LogP contribution in [-0.2, 0) is 0 Å². The van der Waals surface area contributed by atoms with Crippen LogP contribution in [0.4, 0.5) is 0 Å². The van der Waals surface area contributed by atoms with E-state index in [0.29, 0.717) is 0 Å². The maximum absolute atomic E-state index is 5.96. The lowest BCUT2D eigenvalue weighted by molar-refractivity contribution is 0.657. The summed E-state index contributed by atoms with van der Waals surface area (Å²) in [4.78, 5) is 0. The lowest BCUT2D eigenvalue weighted by Crippen LogP contribution is -2.26. The monoisotopic (exact) mass is 308 g/mol. The van der Waals surface area contributed by atoms with E-state index >= 15 is 0 Å². The first kappa shape index (κ1) is 11.0. The van der Waals surface area contributed by atoms with Gasteiger partial charge in [-0.3, -0.25) is 5.84 Å². The molecule has 2 nitrogen and oxygen atoms in total. The highest BCUT2D eigenvalue weighted by molar-refractivity contribution is 14.1. The van der Waals surface area contributed by atoms with E-state index in [4.69, 9.17) is 17.4 Å². The second-order valence-corrected chi connectivity index (χ2v) is 4.12. The van der Waals surface area contributed by atoms with E-state index in [1.54, 1.807) is 6.08 Å². The molecule has 0 aliphatic rings. The van der Waals surface area contributed by atoms with E-state index in [9.17, 15) is 0 Å². The number of benzene rings is 1. The second kappa shape index (κ2) is 4.95. The Bertz CT molecular complexity index is 314. The largest absolute Gasteiger partial charge is 0.271 e. The molecule has 1 unspecified atom stereocenters. The van der Waals surface area contributed by atoms with Crippen LogP contribution in [0.5, 0.6) is 0 Å². The van der Waals surface area contributed by atoms with E-state index in [-0.39, 0.29) is 6.04 Å². The van der Waals surface area contributed by atoms with Gasteiger partial charge in [-0.25, -0.2) is 5.43 Å². The molecule has 0 amide bonds. The van der Waals surface area contributed by atoms with Crippen molar-refractivity contribution in [2.75, 3.05) is 0 Å². The predicted octanol–water partition coefficient (Wildman–Crippen LogP) is 2.64. The first-order valence-corrected chi connectivity index (χ1v) is 5.18. The number of hydrazine groups is 1. The molecule has 1 aromatic rings. The molecule has 0 saturated heterocycles. The third kappa shape index (κ3) is 2.67. The summed E-state index contributed by atoms with van der Waals surface area (Å²) in [5, 5.41) is 0.736. The summed E-state index contributed by atoms with van der Waals surface area (Å²) < 4.78 is 1.03. The molecule has 0 aliphatic heterocycles. The Balaban J connectivity index is 3.01. The Kier molecular flexibility index (Phi) is 4.18. The first-order valence-electron chi connectivity index (χ1n) is 3.72. The zero-order valence-corrected chi connectivity index (χ0v) is 9.84. The minimum absolute atomic E-state index is 0.0468. The van der Waals surface area contributed by atoms with E-state index < -0.39 is 0 Å². The summed E-state index contributed by atoms with van der Waals surface area (Å²) in [6.45, 7) is 3.67. The molecular formula is C9H10ClIN2. The maximum Gasteiger partial charge on any atom is 0.0638 e. The van der Waals surface area contributed by atoms with Crippen LogP contribution in [0.3, 0.4) is 0 Å². The molecule has 0 radical (unpaired) electrons. The quantitative estimate of drug-likeness (QED) is 0.390. The van der Waals surface area contributed by atoms with Gasteiger partial charge in [-0.15, -0.1) is 6.58 Å². The average molecular weight is 309 g/mol. The van der Waals surface area contributed by atoms with Crippen LogP contribution in [0.1, 0.15) is 11.6 Å². The average Bonchev–Trinajstić information content (AvgIpc) is 2.13. The third-order valence-electron chi connectivity index (χ3n) is 1.72. The Labute approximate surface area is 96.3 Å². The fraction of sp³-hybridized carbons (Fsp3) is 0.111. The summed E-state index contributed by atoms with van der Waals surface area (Å²) in [6.07, 6.45) is 1.73. The van der Waals surface area contributed by atoms with Gasteiger partial charge in [0.15, 0.2) is 0 Å². The number of rotatable bonds is 3. The Morgan fingerprint density at radius 3 is 2.77 bits per heavy atom. The molecule has 0 aliphatic carbocycles. The van der Waals surface area contributed by atoms with Crippen LogP contribution < -0.4 is 11.3 Å². The number of hydrogen-bond acceptors (Lipinski definition) is 2. The molecule has 0 fully saturated rings. The van der Waals surface area contributed by atoms with Crippen molar-refractivity contribution >= 4 is 34.2 Å². The van der Waals surface area contributed by atoms with Crippen molar-refractivity contribution in [2.45, 2.75) is 6.04 Å². The lowest BCUT2D eigenvalue weighted by Gasteiger charge is -2.11. The molecule has 3 N–H and O–H groups in total. The molecule has 0 saturated carbocycles. The maximum atomic E-state index is 5.96. The van der Waals surface area contributed by atoms with Gasteiger partial charge >= 0.3 is 0 Å². The predicted molar refractivity (Wildman–Crippen MR) is 64.4 cm³/mol. The summed E-state index contributed by atoms with van der Waals surface area (Å²) in [6, 6.07) is 5.76. The van der Waals surface area contributed by atoms with Crippen LogP contribution in [-0.4, -0.2) is 0 Å². The van der Waals surface area contributed by atoms with Crippen LogP contribution in [0.2, 0.25) is 5.02 Å². The molecule has 1 aromatic carbocycles. The highest BCUT2D eigenvalue weighted by Gasteiger charge is 2.06. The molecule has 0 spiro atoms. The van der Waals surface area contributed by atoms with Gasteiger partial charge < -0.3 is 0 Å². The second-order valence-electron chi connectivity index (χ2n) is 2.55. The molecule has 4 heteroatoms. The molecule has 0 heterocycles. The van der Waals surface area contributed by atoms with E-state index in [0.717, 1.165) is 14.2 Å². The zero-order chi connectivity index (χ0) is 9.84. The minimum atomic E-state index is -0.0468. The molecule has 1 rings (SSSR count). The smallest absolute Gasteiger partial charge is 0.0638 e. The molecular weight excluding hydrogens is 298 g/mol. The topological polar surface area (TPSA) is 38.0 Å². The van der Waals surface area contributed by atoms with E-state index in [2.05, 4.69) is 34.6 Å². The Morgan fingerprint density at radius 2 is 2.31 bits per heavy atom. The van der Waals surface area contributed by atoms with Crippen molar-refractivity contribution in [3.05, 3.63) is 45.0 Å². The molecule has 1 atom stereocenters. The van der Waals surface area contributed by atoms with Crippen molar-refractivity contribution in [2.24, 2.45) is 5.84 Å². The van der Waals surface area contributed by atoms with Gasteiger partial charge in [0.2, 0.25) is 0 Å². The standard InChI is InChI=1S/C9H10ClIN2/c1-2-9(13-12)6-3-4-8(11)7(10)5-6/h2-5,9,13H,1,12H2. The van der Waals surface area contributed by atoms with E-state index in [1.807, 2.05) is 18.2 Å². The van der Waals surface area contributed by atoms with Crippen molar-refractivity contribution in [3.8, 4) is 0 Å². The highest BCUT2D eigenvalue weighted by Crippen LogP contribution is 2.23. The van der Waals surface area contributed by atoms with Crippen LogP contribution in [0.25, 0.3) is 0 Å². The normalized spacial score (nSPS) is 12.5. The van der Waals surface area contributed by atoms with Crippen LogP contribution in [0, 0.1) is 3.57 Å². The van der Waals surface area contributed by atoms with Crippen LogP contribution in [0.15, 0.2) is 30.9 Å². The molecule has 0 bridgehead atoms. The fourth-order valence-corrected chi connectivity index (χ4v) is 1.53. The number of nitrogens with one attached hydrogen (secondary N) is 1. The minimum Gasteiger partial charge on any atom is -0.271 e. The van der Waals surface area contributed by atoms with Gasteiger partial charge in [-0.2, -0.15) is 0 Å². The van der Waals surface area contributed by atoms with Gasteiger partial charge in [-0.1, -0.05) is 23.7 Å². The van der Waals surface area contributed by atoms with Gasteiger partial charge in [-0.05, 0) is 40.3 Å². The molecule has 0 aromatic heterocycles. The van der Waals surface area contributed by atoms with Crippen molar-refractivity contribution in [1.29, 1.82) is 0 Å². The molecule has 70 valence electrons. The van der Waals surface area contributed by atoms with Gasteiger partial charge in [0.05, 0.1) is 11.1 Å². The van der Waals surface area contributed by atoms with Gasteiger partial charge in [0.1, 0.15) is 0 Å². The lowest BCUT2D eigenvalue weighted by atomic mass is 10.1. The summed E-state index contributed by atoms with van der Waals surface area (Å²) >= 11 is 8.14. The van der Waals surface area contributed by atoms with Gasteiger partial charge in [0, 0.05) is 3.57 Å². The SMILES string of the molecule is C=CC(NN)c1ccc(I)c(Cl)c1. The van der Waals surface area contributed by atoms with Gasteiger partial charge in [0.25, 0.3) is 0 Å². The fourth-order valence-electron chi connectivity index (χ4n) is 1.01. The highest BCUT2D eigenvalue weighted by atomic mass is 127. The van der Waals surface area contributed by atoms with Crippen molar-refractivity contribution < 1.29 is 0 Å². The number of hydrogen-bond donors (Lipinski definition) is 2. The number of halogens is 2. The van der Waals surface area contributed by atoms with Crippen LogP contribution >= 0.6 is 34.2 Å². The Hall–Kier alpha value is -0.100. The zero-order valence-electron chi connectivity index (χ0n) is 6.93. The summed E-state index contributed by atoms with van der Waals surface area (Å²) in [5.74, 6) is 5.34.